The van der Waals surface area contributed by atoms with Crippen LogP contribution in [-0.2, 0) is 16.1 Å². The molecule has 0 aromatic carbocycles. The summed E-state index contributed by atoms with van der Waals surface area (Å²) in [4.78, 5) is 32.1. The van der Waals surface area contributed by atoms with E-state index in [1.807, 2.05) is 12.1 Å². The molecular formula is C20H22N6O3S. The molecule has 0 radical (unpaired) electrons. The van der Waals surface area contributed by atoms with Gasteiger partial charge in [0.1, 0.15) is 22.3 Å². The minimum Gasteiger partial charge on any atom is -0.460 e. The maximum Gasteiger partial charge on any atom is 0.318 e. The van der Waals surface area contributed by atoms with Crippen LogP contribution in [0.2, 0.25) is 0 Å². The Bertz CT molecular complexity index is 1010. The summed E-state index contributed by atoms with van der Waals surface area (Å²) in [7, 11) is 1.61. The molecule has 1 saturated heterocycles. The van der Waals surface area contributed by atoms with Gasteiger partial charge in [-0.2, -0.15) is 9.97 Å². The molecule has 1 fully saturated rings. The molecular weight excluding hydrogens is 404 g/mol. The minimum absolute atomic E-state index is 0.0522. The Kier molecular flexibility index (Phi) is 6.15. The SMILES string of the molecule is C=CC(=O)N1CCC(Oc2nc(COC)cc(Nc3nc4cccnc4s3)n2)CC1. The van der Waals surface area contributed by atoms with Crippen molar-refractivity contribution in [2.24, 2.45) is 0 Å². The number of hydrogen-bond acceptors (Lipinski definition) is 9. The van der Waals surface area contributed by atoms with E-state index in [4.69, 9.17) is 9.47 Å². The van der Waals surface area contributed by atoms with E-state index in [9.17, 15) is 4.79 Å². The second-order valence-electron chi connectivity index (χ2n) is 6.78. The van der Waals surface area contributed by atoms with Crippen molar-refractivity contribution in [2.45, 2.75) is 25.6 Å². The topological polar surface area (TPSA) is 102 Å². The first-order chi connectivity index (χ1) is 14.6. The maximum atomic E-state index is 11.7. The first-order valence-electron chi connectivity index (χ1n) is 9.58. The second-order valence-corrected chi connectivity index (χ2v) is 7.76. The number of nitrogens with zero attached hydrogens (tertiary/aromatic N) is 5. The fraction of sp³-hybridized carbons (Fsp3) is 0.350. The van der Waals surface area contributed by atoms with Gasteiger partial charge in [0.25, 0.3) is 0 Å². The summed E-state index contributed by atoms with van der Waals surface area (Å²) in [5, 5.41) is 3.90. The van der Waals surface area contributed by atoms with E-state index >= 15 is 0 Å². The number of carbonyl (C=O) groups is 1. The molecule has 3 aromatic rings. The monoisotopic (exact) mass is 426 g/mol. The van der Waals surface area contributed by atoms with Crippen LogP contribution < -0.4 is 10.1 Å². The van der Waals surface area contributed by atoms with Crippen molar-refractivity contribution in [3.63, 3.8) is 0 Å². The van der Waals surface area contributed by atoms with E-state index in [1.54, 1.807) is 24.3 Å². The van der Waals surface area contributed by atoms with E-state index in [-0.39, 0.29) is 18.0 Å². The minimum atomic E-state index is -0.0591. The Hall–Kier alpha value is -3.11. The number of thiazole rings is 1. The van der Waals surface area contributed by atoms with E-state index in [0.29, 0.717) is 49.2 Å². The summed E-state index contributed by atoms with van der Waals surface area (Å²) in [5.41, 5.74) is 1.52. The highest BCUT2D eigenvalue weighted by atomic mass is 32.1. The lowest BCUT2D eigenvalue weighted by atomic mass is 10.1. The normalized spacial score (nSPS) is 14.6. The Morgan fingerprint density at radius 1 is 1.37 bits per heavy atom. The first kappa shape index (κ1) is 20.2. The van der Waals surface area contributed by atoms with Crippen LogP contribution in [-0.4, -0.2) is 57.0 Å². The molecule has 1 amide bonds. The zero-order valence-electron chi connectivity index (χ0n) is 16.6. The molecule has 10 heteroatoms. The van der Waals surface area contributed by atoms with E-state index in [2.05, 4.69) is 31.8 Å². The van der Waals surface area contributed by atoms with Gasteiger partial charge in [-0.1, -0.05) is 17.9 Å². The van der Waals surface area contributed by atoms with Crippen LogP contribution in [0.15, 0.2) is 37.1 Å². The summed E-state index contributed by atoms with van der Waals surface area (Å²) in [6.45, 7) is 5.12. The summed E-state index contributed by atoms with van der Waals surface area (Å²) in [6.07, 6.45) is 4.45. The third-order valence-electron chi connectivity index (χ3n) is 4.65. The van der Waals surface area contributed by atoms with Crippen LogP contribution in [0.1, 0.15) is 18.5 Å². The Balaban J connectivity index is 1.48. The number of piperidine rings is 1. The van der Waals surface area contributed by atoms with Crippen molar-refractivity contribution in [3.8, 4) is 6.01 Å². The van der Waals surface area contributed by atoms with Crippen LogP contribution in [0.3, 0.4) is 0 Å². The van der Waals surface area contributed by atoms with Gasteiger partial charge in [0, 0.05) is 45.3 Å². The number of ether oxygens (including phenoxy) is 2. The standard InChI is InChI=1S/C20H22N6O3S/c1-3-17(27)26-9-6-14(7-10-26)29-19-22-13(12-28-2)11-16(24-19)25-20-23-15-5-4-8-21-18(15)30-20/h3-5,8,11,14H,1,6-7,9-10,12H2,2H3,(H,22,23,24,25). The number of aromatic nitrogens is 4. The highest BCUT2D eigenvalue weighted by Gasteiger charge is 2.23. The lowest BCUT2D eigenvalue weighted by Crippen LogP contribution is -2.41. The van der Waals surface area contributed by atoms with Crippen molar-refractivity contribution in [1.29, 1.82) is 0 Å². The number of carbonyl (C=O) groups excluding carboxylic acids is 1. The van der Waals surface area contributed by atoms with Gasteiger partial charge < -0.3 is 19.7 Å². The van der Waals surface area contributed by atoms with E-state index < -0.39 is 0 Å². The number of fused-ring (bicyclic) bond motifs is 1. The quantitative estimate of drug-likeness (QED) is 0.576. The highest BCUT2D eigenvalue weighted by Crippen LogP contribution is 2.27. The molecule has 1 N–H and O–H groups in total. The van der Waals surface area contributed by atoms with Crippen LogP contribution in [0, 0.1) is 0 Å². The van der Waals surface area contributed by atoms with Gasteiger partial charge in [-0.05, 0) is 18.2 Å². The molecule has 0 saturated carbocycles. The van der Waals surface area contributed by atoms with Gasteiger partial charge in [0.15, 0.2) is 5.13 Å². The zero-order chi connectivity index (χ0) is 20.9. The van der Waals surface area contributed by atoms with Crippen LogP contribution in [0.5, 0.6) is 6.01 Å². The number of anilines is 2. The van der Waals surface area contributed by atoms with Gasteiger partial charge >= 0.3 is 6.01 Å². The third-order valence-corrected chi connectivity index (χ3v) is 5.55. The van der Waals surface area contributed by atoms with E-state index in [1.165, 1.54) is 17.4 Å². The molecule has 1 aliphatic rings. The van der Waals surface area contributed by atoms with Crippen molar-refractivity contribution >= 4 is 38.5 Å². The predicted molar refractivity (Wildman–Crippen MR) is 114 cm³/mol. The van der Waals surface area contributed by atoms with Crippen molar-refractivity contribution in [3.05, 3.63) is 42.7 Å². The smallest absolute Gasteiger partial charge is 0.318 e. The first-order valence-corrected chi connectivity index (χ1v) is 10.4. The van der Waals surface area contributed by atoms with E-state index in [0.717, 1.165) is 10.3 Å². The molecule has 0 bridgehead atoms. The predicted octanol–water partition coefficient (Wildman–Crippen LogP) is 2.93. The highest BCUT2D eigenvalue weighted by molar-refractivity contribution is 7.21. The average Bonchev–Trinajstić information content (AvgIpc) is 3.16. The summed E-state index contributed by atoms with van der Waals surface area (Å²) < 4.78 is 11.3. The van der Waals surface area contributed by atoms with Gasteiger partial charge in [0.2, 0.25) is 5.91 Å². The number of amides is 1. The van der Waals surface area contributed by atoms with Gasteiger partial charge in [-0.3, -0.25) is 4.79 Å². The van der Waals surface area contributed by atoms with Gasteiger partial charge in [0.05, 0.1) is 12.3 Å². The molecule has 0 unspecified atom stereocenters. The summed E-state index contributed by atoms with van der Waals surface area (Å²) in [5.74, 6) is 0.522. The number of pyridine rings is 1. The third kappa shape index (κ3) is 4.71. The summed E-state index contributed by atoms with van der Waals surface area (Å²) in [6, 6.07) is 5.85. The van der Waals surface area contributed by atoms with Crippen molar-refractivity contribution < 1.29 is 14.3 Å². The fourth-order valence-electron chi connectivity index (χ4n) is 3.22. The van der Waals surface area contributed by atoms with Crippen molar-refractivity contribution in [2.75, 3.05) is 25.5 Å². The molecule has 30 heavy (non-hydrogen) atoms. The lowest BCUT2D eigenvalue weighted by Gasteiger charge is -2.31. The zero-order valence-corrected chi connectivity index (χ0v) is 17.4. The van der Waals surface area contributed by atoms with Crippen LogP contribution in [0.25, 0.3) is 10.3 Å². The summed E-state index contributed by atoms with van der Waals surface area (Å²) >= 11 is 1.45. The van der Waals surface area contributed by atoms with Crippen molar-refractivity contribution in [1.82, 2.24) is 24.8 Å². The average molecular weight is 427 g/mol. The Labute approximate surface area is 177 Å². The maximum absolute atomic E-state index is 11.7. The van der Waals surface area contributed by atoms with Gasteiger partial charge in [-0.25, -0.2) is 9.97 Å². The molecule has 1 aliphatic heterocycles. The van der Waals surface area contributed by atoms with Crippen LogP contribution in [0.4, 0.5) is 10.9 Å². The molecule has 9 nitrogen and oxygen atoms in total. The second kappa shape index (κ2) is 9.14. The molecule has 4 heterocycles. The molecule has 4 rings (SSSR count). The molecule has 0 atom stereocenters. The number of hydrogen-bond donors (Lipinski definition) is 1. The number of rotatable bonds is 7. The largest absolute Gasteiger partial charge is 0.460 e. The lowest BCUT2D eigenvalue weighted by molar-refractivity contribution is -0.127. The number of nitrogens with one attached hydrogen (secondary N) is 1. The molecule has 156 valence electrons. The molecule has 3 aromatic heterocycles. The fourth-order valence-corrected chi connectivity index (χ4v) is 4.03. The Morgan fingerprint density at radius 3 is 2.93 bits per heavy atom. The number of likely N-dealkylation sites (tertiary alicyclic amines) is 1. The Morgan fingerprint density at radius 2 is 2.20 bits per heavy atom. The molecule has 0 aliphatic carbocycles. The number of methoxy groups -OCH3 is 1. The molecule has 0 spiro atoms. The van der Waals surface area contributed by atoms with Gasteiger partial charge in [-0.15, -0.1) is 0 Å². The van der Waals surface area contributed by atoms with Crippen LogP contribution >= 0.6 is 11.3 Å².